The van der Waals surface area contributed by atoms with Crippen LogP contribution in [0.3, 0.4) is 0 Å². The SMILES string of the molecule is CCNC(=O)[C@@H]1CC[C@](C)(C(=O)NCC(C)(C)CN(C)C)C1(C)C. The molecule has 24 heavy (non-hydrogen) atoms. The van der Waals surface area contributed by atoms with Crippen molar-refractivity contribution in [2.45, 2.75) is 54.4 Å². The summed E-state index contributed by atoms with van der Waals surface area (Å²) in [6.45, 7) is 14.6. The third-order valence-electron chi connectivity index (χ3n) is 5.87. The van der Waals surface area contributed by atoms with Gasteiger partial charge in [-0.25, -0.2) is 0 Å². The highest BCUT2D eigenvalue weighted by molar-refractivity contribution is 5.87. The molecule has 0 heterocycles. The highest BCUT2D eigenvalue weighted by Crippen LogP contribution is 2.56. The number of carbonyl (C=O) groups is 2. The molecule has 0 saturated heterocycles. The summed E-state index contributed by atoms with van der Waals surface area (Å²) in [6, 6.07) is 0. The number of carbonyl (C=O) groups excluding carboxylic acids is 2. The maximum absolute atomic E-state index is 13.0. The number of nitrogens with zero attached hydrogens (tertiary/aromatic N) is 1. The van der Waals surface area contributed by atoms with Crippen molar-refractivity contribution in [3.05, 3.63) is 0 Å². The Morgan fingerprint density at radius 2 is 1.75 bits per heavy atom. The minimum Gasteiger partial charge on any atom is -0.356 e. The van der Waals surface area contributed by atoms with Gasteiger partial charge in [0.2, 0.25) is 11.8 Å². The summed E-state index contributed by atoms with van der Waals surface area (Å²) in [4.78, 5) is 27.5. The first-order valence-corrected chi connectivity index (χ1v) is 9.08. The van der Waals surface area contributed by atoms with E-state index in [0.717, 1.165) is 19.4 Å². The van der Waals surface area contributed by atoms with Crippen molar-refractivity contribution in [1.29, 1.82) is 0 Å². The smallest absolute Gasteiger partial charge is 0.226 e. The molecule has 2 amide bonds. The molecule has 0 aromatic rings. The Morgan fingerprint density at radius 3 is 2.25 bits per heavy atom. The maximum Gasteiger partial charge on any atom is 0.226 e. The van der Waals surface area contributed by atoms with Crippen molar-refractivity contribution in [3.8, 4) is 0 Å². The zero-order valence-electron chi connectivity index (χ0n) is 16.9. The lowest BCUT2D eigenvalue weighted by molar-refractivity contribution is -0.139. The van der Waals surface area contributed by atoms with Gasteiger partial charge in [-0.15, -0.1) is 0 Å². The van der Waals surface area contributed by atoms with Gasteiger partial charge in [-0.1, -0.05) is 34.6 Å². The maximum atomic E-state index is 13.0. The predicted molar refractivity (Wildman–Crippen MR) is 98.6 cm³/mol. The molecule has 0 aromatic carbocycles. The van der Waals surface area contributed by atoms with E-state index in [1.165, 1.54) is 0 Å². The zero-order valence-corrected chi connectivity index (χ0v) is 16.9. The lowest BCUT2D eigenvalue weighted by Gasteiger charge is -2.40. The predicted octanol–water partition coefficient (Wildman–Crippen LogP) is 2.27. The van der Waals surface area contributed by atoms with E-state index >= 15 is 0 Å². The van der Waals surface area contributed by atoms with Crippen LogP contribution in [0, 0.1) is 22.2 Å². The fourth-order valence-electron chi connectivity index (χ4n) is 4.09. The molecule has 1 saturated carbocycles. The number of rotatable bonds is 7. The molecule has 0 unspecified atom stereocenters. The Labute approximate surface area is 147 Å². The number of amides is 2. The number of hydrogen-bond donors (Lipinski definition) is 2. The molecular weight excluding hydrogens is 302 g/mol. The molecule has 2 atom stereocenters. The fourth-order valence-corrected chi connectivity index (χ4v) is 4.09. The Hall–Kier alpha value is -1.10. The van der Waals surface area contributed by atoms with Gasteiger partial charge in [0.25, 0.3) is 0 Å². The van der Waals surface area contributed by atoms with E-state index in [-0.39, 0.29) is 28.6 Å². The Bertz CT molecular complexity index is 471. The molecule has 1 aliphatic carbocycles. The van der Waals surface area contributed by atoms with E-state index in [0.29, 0.717) is 13.1 Å². The van der Waals surface area contributed by atoms with Crippen LogP contribution in [0.2, 0.25) is 0 Å². The molecule has 1 fully saturated rings. The second-order valence-electron chi connectivity index (χ2n) is 9.12. The van der Waals surface area contributed by atoms with Gasteiger partial charge in [0.1, 0.15) is 0 Å². The molecule has 0 bridgehead atoms. The lowest BCUT2D eigenvalue weighted by Crippen LogP contribution is -2.51. The van der Waals surface area contributed by atoms with Crippen LogP contribution in [-0.2, 0) is 9.59 Å². The Morgan fingerprint density at radius 1 is 1.17 bits per heavy atom. The summed E-state index contributed by atoms with van der Waals surface area (Å²) in [5.41, 5.74) is -0.865. The summed E-state index contributed by atoms with van der Waals surface area (Å²) < 4.78 is 0. The molecule has 1 aliphatic rings. The molecule has 1 rings (SSSR count). The summed E-state index contributed by atoms with van der Waals surface area (Å²) in [7, 11) is 4.09. The lowest BCUT2D eigenvalue weighted by atomic mass is 9.65. The van der Waals surface area contributed by atoms with Gasteiger partial charge in [-0.05, 0) is 44.7 Å². The highest BCUT2D eigenvalue weighted by atomic mass is 16.2. The number of hydrogen-bond acceptors (Lipinski definition) is 3. The first-order chi connectivity index (χ1) is 10.9. The average Bonchev–Trinajstić information content (AvgIpc) is 2.67. The van der Waals surface area contributed by atoms with Crippen molar-refractivity contribution in [2.75, 3.05) is 33.7 Å². The first-order valence-electron chi connectivity index (χ1n) is 9.08. The van der Waals surface area contributed by atoms with Crippen molar-refractivity contribution < 1.29 is 9.59 Å². The van der Waals surface area contributed by atoms with Crippen LogP contribution in [0.1, 0.15) is 54.4 Å². The number of nitrogens with one attached hydrogen (secondary N) is 2. The second-order valence-corrected chi connectivity index (χ2v) is 9.12. The van der Waals surface area contributed by atoms with Crippen LogP contribution in [0.25, 0.3) is 0 Å². The van der Waals surface area contributed by atoms with Gasteiger partial charge >= 0.3 is 0 Å². The topological polar surface area (TPSA) is 61.4 Å². The first kappa shape index (κ1) is 20.9. The van der Waals surface area contributed by atoms with E-state index in [4.69, 9.17) is 0 Å². The van der Waals surface area contributed by atoms with Gasteiger partial charge in [0.05, 0.1) is 5.41 Å². The minimum atomic E-state index is -0.517. The summed E-state index contributed by atoms with van der Waals surface area (Å²) in [6.07, 6.45) is 1.52. The van der Waals surface area contributed by atoms with Crippen LogP contribution in [0.15, 0.2) is 0 Å². The summed E-state index contributed by atoms with van der Waals surface area (Å²) in [5, 5.41) is 6.08. The van der Waals surface area contributed by atoms with Gasteiger partial charge in [-0.3, -0.25) is 9.59 Å². The Balaban J connectivity index is 2.81. The third-order valence-corrected chi connectivity index (χ3v) is 5.87. The van der Waals surface area contributed by atoms with Gasteiger partial charge < -0.3 is 15.5 Å². The normalized spacial score (nSPS) is 26.5. The molecule has 0 radical (unpaired) electrons. The molecule has 2 N–H and O–H groups in total. The molecule has 5 nitrogen and oxygen atoms in total. The largest absolute Gasteiger partial charge is 0.356 e. The summed E-state index contributed by atoms with van der Waals surface area (Å²) in [5.74, 6) is 0.0427. The summed E-state index contributed by atoms with van der Waals surface area (Å²) >= 11 is 0. The highest BCUT2D eigenvalue weighted by Gasteiger charge is 2.57. The molecule has 0 spiro atoms. The molecule has 0 aromatic heterocycles. The third kappa shape index (κ3) is 4.29. The van der Waals surface area contributed by atoms with Crippen molar-refractivity contribution in [1.82, 2.24) is 15.5 Å². The molecule has 140 valence electrons. The fraction of sp³-hybridized carbons (Fsp3) is 0.895. The molecule has 5 heteroatoms. The van der Waals surface area contributed by atoms with Crippen LogP contribution in [-0.4, -0.2) is 50.4 Å². The van der Waals surface area contributed by atoms with Gasteiger partial charge in [0.15, 0.2) is 0 Å². The molecular formula is C19H37N3O2. The second kappa shape index (κ2) is 7.42. The standard InChI is InChI=1S/C19H37N3O2/c1-9-20-15(23)14-10-11-19(6,18(14,4)5)16(24)21-12-17(2,3)13-22(7)8/h14H,9-13H2,1-8H3,(H,20,23)(H,21,24)/t14-,19+/m0/s1. The van der Waals surface area contributed by atoms with Crippen LogP contribution in [0.4, 0.5) is 0 Å². The monoisotopic (exact) mass is 339 g/mol. The Kier molecular flexibility index (Phi) is 6.48. The zero-order chi connectivity index (χ0) is 18.8. The van der Waals surface area contributed by atoms with Crippen LogP contribution >= 0.6 is 0 Å². The van der Waals surface area contributed by atoms with Crippen molar-refractivity contribution >= 4 is 11.8 Å². The van der Waals surface area contributed by atoms with E-state index in [1.807, 2.05) is 27.9 Å². The molecule has 0 aliphatic heterocycles. The average molecular weight is 340 g/mol. The van der Waals surface area contributed by atoms with Crippen LogP contribution in [0.5, 0.6) is 0 Å². The van der Waals surface area contributed by atoms with Gasteiger partial charge in [-0.2, -0.15) is 0 Å². The van der Waals surface area contributed by atoms with Crippen LogP contribution < -0.4 is 10.6 Å². The van der Waals surface area contributed by atoms with E-state index in [2.05, 4.69) is 43.2 Å². The van der Waals surface area contributed by atoms with E-state index < -0.39 is 5.41 Å². The van der Waals surface area contributed by atoms with Crippen molar-refractivity contribution in [3.63, 3.8) is 0 Å². The minimum absolute atomic E-state index is 0.0112. The quantitative estimate of drug-likeness (QED) is 0.748. The van der Waals surface area contributed by atoms with E-state index in [9.17, 15) is 9.59 Å². The van der Waals surface area contributed by atoms with Gasteiger partial charge in [0, 0.05) is 25.6 Å². The van der Waals surface area contributed by atoms with Crippen molar-refractivity contribution in [2.24, 2.45) is 22.2 Å². The van der Waals surface area contributed by atoms with E-state index in [1.54, 1.807) is 0 Å².